The molecule has 0 bridgehead atoms. The van der Waals surface area contributed by atoms with E-state index in [1.165, 1.54) is 5.56 Å². The van der Waals surface area contributed by atoms with Crippen molar-refractivity contribution < 1.29 is 4.74 Å². The highest BCUT2D eigenvalue weighted by atomic mass is 35.5. The van der Waals surface area contributed by atoms with Crippen LogP contribution in [0.25, 0.3) is 11.9 Å². The van der Waals surface area contributed by atoms with Crippen LogP contribution in [0.3, 0.4) is 0 Å². The number of thiazole rings is 1. The van der Waals surface area contributed by atoms with Crippen LogP contribution in [-0.2, 0) is 6.42 Å². The molecule has 1 atom stereocenters. The Bertz CT molecular complexity index is 1230. The molecule has 0 radical (unpaired) electrons. The first kappa shape index (κ1) is 25.3. The van der Waals surface area contributed by atoms with Crippen molar-refractivity contribution in [3.63, 3.8) is 0 Å². The average Bonchev–Trinajstić information content (AvgIpc) is 3.08. The molecule has 2 aliphatic heterocycles. The molecular weight excluding hydrogens is 477 g/mol. The molecule has 9 heteroatoms. The number of nitrogens with one attached hydrogen (secondary N) is 1. The number of fused-ring (bicyclic) bond motifs is 2. The van der Waals surface area contributed by atoms with E-state index in [2.05, 4.69) is 47.3 Å². The lowest BCUT2D eigenvalue weighted by molar-refractivity contribution is 0.133. The van der Waals surface area contributed by atoms with Crippen molar-refractivity contribution in [2.24, 2.45) is 0 Å². The monoisotopic (exact) mass is 505 g/mol. The number of rotatable bonds is 4. The molecular formula is C24H29Cl2N5OS. The highest BCUT2D eigenvalue weighted by Gasteiger charge is 2.30. The van der Waals surface area contributed by atoms with E-state index < -0.39 is 0 Å². The zero-order valence-corrected chi connectivity index (χ0v) is 21.4. The Balaban J connectivity index is 0.00000153. The lowest BCUT2D eigenvalue weighted by Crippen LogP contribution is -2.53. The van der Waals surface area contributed by atoms with Gasteiger partial charge < -0.3 is 15.0 Å². The molecule has 0 amide bonds. The molecule has 2 aromatic heterocycles. The lowest BCUT2D eigenvalue weighted by atomic mass is 10.0. The molecule has 1 saturated heterocycles. The van der Waals surface area contributed by atoms with Crippen LogP contribution in [0.5, 0.6) is 5.75 Å². The normalized spacial score (nSPS) is 17.4. The third-order valence-corrected chi connectivity index (χ3v) is 7.02. The highest BCUT2D eigenvalue weighted by molar-refractivity contribution is 7.16. The van der Waals surface area contributed by atoms with Crippen LogP contribution in [0.15, 0.2) is 42.6 Å². The molecule has 0 saturated carbocycles. The molecule has 176 valence electrons. The van der Waals surface area contributed by atoms with Crippen molar-refractivity contribution >= 4 is 53.0 Å². The summed E-state index contributed by atoms with van der Waals surface area (Å²) in [5.41, 5.74) is 3.39. The van der Waals surface area contributed by atoms with Crippen molar-refractivity contribution in [1.82, 2.24) is 19.8 Å². The minimum Gasteiger partial charge on any atom is -0.496 e. The fourth-order valence-electron chi connectivity index (χ4n) is 4.47. The first-order valence-corrected chi connectivity index (χ1v) is 11.4. The van der Waals surface area contributed by atoms with Crippen molar-refractivity contribution in [2.45, 2.75) is 19.4 Å². The number of aromatic nitrogens is 2. The smallest absolute Gasteiger partial charge is 0.124 e. The maximum atomic E-state index is 5.61. The highest BCUT2D eigenvalue weighted by Crippen LogP contribution is 2.32. The van der Waals surface area contributed by atoms with Gasteiger partial charge in [0.1, 0.15) is 16.4 Å². The van der Waals surface area contributed by atoms with Gasteiger partial charge in [-0.05, 0) is 44.2 Å². The zero-order chi connectivity index (χ0) is 21.4. The Kier molecular flexibility index (Phi) is 8.23. The summed E-state index contributed by atoms with van der Waals surface area (Å²) >= 11 is 1.70. The fraction of sp³-hybridized carbons (Fsp3) is 0.333. The lowest BCUT2D eigenvalue weighted by Gasteiger charge is -2.41. The van der Waals surface area contributed by atoms with Crippen molar-refractivity contribution in [3.8, 4) is 5.75 Å². The number of benzene rings is 1. The van der Waals surface area contributed by atoms with E-state index in [9.17, 15) is 0 Å². The number of nitrogens with zero attached hydrogens (tertiary/aromatic N) is 4. The van der Waals surface area contributed by atoms with Gasteiger partial charge in [-0.2, -0.15) is 0 Å². The average molecular weight is 507 g/mol. The second-order valence-corrected chi connectivity index (χ2v) is 9.29. The number of anilines is 1. The van der Waals surface area contributed by atoms with Crippen molar-refractivity contribution in [2.75, 3.05) is 39.1 Å². The summed E-state index contributed by atoms with van der Waals surface area (Å²) in [5.74, 6) is 0.957. The van der Waals surface area contributed by atoms with Gasteiger partial charge in [-0.1, -0.05) is 18.2 Å². The van der Waals surface area contributed by atoms with E-state index in [0.717, 1.165) is 63.8 Å². The summed E-state index contributed by atoms with van der Waals surface area (Å²) in [4.78, 5) is 14.6. The largest absolute Gasteiger partial charge is 0.496 e. The SMILES string of the molecule is COc1ccccc1CC1CN(C2=c3ncccc3=CNc3sc(C)nc32)CCN1C.Cl.Cl. The molecule has 1 unspecified atom stereocenters. The van der Waals surface area contributed by atoms with Crippen LogP contribution < -0.4 is 20.6 Å². The number of para-hydroxylation sites is 1. The minimum absolute atomic E-state index is 0. The third kappa shape index (κ3) is 4.96. The first-order chi connectivity index (χ1) is 15.1. The molecule has 1 fully saturated rings. The van der Waals surface area contributed by atoms with Gasteiger partial charge in [-0.25, -0.2) is 4.98 Å². The molecule has 2 aliphatic rings. The molecule has 1 N–H and O–H groups in total. The maximum absolute atomic E-state index is 5.61. The number of hydrogen-bond acceptors (Lipinski definition) is 7. The summed E-state index contributed by atoms with van der Waals surface area (Å²) < 4.78 is 5.61. The minimum atomic E-state index is 0. The predicted molar refractivity (Wildman–Crippen MR) is 140 cm³/mol. The Morgan fingerprint density at radius 1 is 1.15 bits per heavy atom. The molecule has 4 heterocycles. The molecule has 0 spiro atoms. The summed E-state index contributed by atoms with van der Waals surface area (Å²) in [6.07, 6.45) is 4.86. The quantitative estimate of drug-likeness (QED) is 0.588. The predicted octanol–water partition coefficient (Wildman–Crippen LogP) is 2.88. The van der Waals surface area contributed by atoms with Crippen LogP contribution in [-0.4, -0.2) is 59.6 Å². The third-order valence-electron chi connectivity index (χ3n) is 6.12. The van der Waals surface area contributed by atoms with Crippen LogP contribution in [0.1, 0.15) is 16.3 Å². The topological polar surface area (TPSA) is 53.5 Å². The second kappa shape index (κ2) is 10.7. The van der Waals surface area contributed by atoms with E-state index in [1.807, 2.05) is 30.6 Å². The number of piperazine rings is 1. The van der Waals surface area contributed by atoms with E-state index in [0.29, 0.717) is 6.04 Å². The van der Waals surface area contributed by atoms with Crippen molar-refractivity contribution in [1.29, 1.82) is 0 Å². The first-order valence-electron chi connectivity index (χ1n) is 10.6. The van der Waals surface area contributed by atoms with Gasteiger partial charge in [0.15, 0.2) is 0 Å². The number of pyridine rings is 1. The number of methoxy groups -OCH3 is 1. The van der Waals surface area contributed by atoms with Gasteiger partial charge in [0.25, 0.3) is 0 Å². The van der Waals surface area contributed by atoms with E-state index in [-0.39, 0.29) is 24.8 Å². The Hall–Kier alpha value is -2.32. The molecule has 1 aromatic carbocycles. The van der Waals surface area contributed by atoms with Crippen LogP contribution in [0.2, 0.25) is 0 Å². The van der Waals surface area contributed by atoms with Crippen LogP contribution in [0.4, 0.5) is 5.00 Å². The maximum Gasteiger partial charge on any atom is 0.124 e. The number of likely N-dealkylation sites (N-methyl/N-ethyl adjacent to an activating group) is 1. The summed E-state index contributed by atoms with van der Waals surface area (Å²) in [5, 5.41) is 7.71. The zero-order valence-electron chi connectivity index (χ0n) is 18.9. The van der Waals surface area contributed by atoms with Gasteiger partial charge in [0, 0.05) is 43.3 Å². The Labute approximate surface area is 210 Å². The molecule has 5 rings (SSSR count). The number of ether oxygens (including phenoxy) is 1. The Morgan fingerprint density at radius 3 is 2.79 bits per heavy atom. The van der Waals surface area contributed by atoms with E-state index in [4.69, 9.17) is 14.7 Å². The molecule has 33 heavy (non-hydrogen) atoms. The Morgan fingerprint density at radius 2 is 1.97 bits per heavy atom. The van der Waals surface area contributed by atoms with Crippen molar-refractivity contribution in [3.05, 3.63) is 69.4 Å². The van der Waals surface area contributed by atoms with Gasteiger partial charge in [-0.3, -0.25) is 9.88 Å². The molecule has 3 aromatic rings. The number of halogens is 2. The van der Waals surface area contributed by atoms with Gasteiger partial charge in [0.2, 0.25) is 0 Å². The van der Waals surface area contributed by atoms with Crippen LogP contribution >= 0.6 is 36.2 Å². The summed E-state index contributed by atoms with van der Waals surface area (Å²) in [7, 11) is 3.96. The summed E-state index contributed by atoms with van der Waals surface area (Å²) in [6.45, 7) is 4.91. The van der Waals surface area contributed by atoms with E-state index >= 15 is 0 Å². The second-order valence-electron chi connectivity index (χ2n) is 8.09. The van der Waals surface area contributed by atoms with Gasteiger partial charge in [-0.15, -0.1) is 36.2 Å². The van der Waals surface area contributed by atoms with Gasteiger partial charge >= 0.3 is 0 Å². The standard InChI is InChI=1S/C24H27N5OS.2ClH/c1-16-27-22-23(21-18(8-6-10-25-21)14-26-24(22)31-16)29-12-11-28(2)19(15-29)13-17-7-4-5-9-20(17)30-3;;/h4-10,14,19,26H,11-13,15H2,1-3H3;2*1H. The molecule has 0 aliphatic carbocycles. The number of hydrogen-bond donors (Lipinski definition) is 1. The van der Waals surface area contributed by atoms with Crippen LogP contribution in [0, 0.1) is 6.92 Å². The fourth-order valence-corrected chi connectivity index (χ4v) is 5.26. The summed E-state index contributed by atoms with van der Waals surface area (Å²) in [6, 6.07) is 12.8. The number of aryl methyl sites for hydroxylation is 1. The van der Waals surface area contributed by atoms with Gasteiger partial charge in [0.05, 0.1) is 23.2 Å². The molecule has 6 nitrogen and oxygen atoms in total. The van der Waals surface area contributed by atoms with E-state index in [1.54, 1.807) is 18.4 Å².